The summed E-state index contributed by atoms with van der Waals surface area (Å²) in [6.45, 7) is 2.67. The van der Waals surface area contributed by atoms with E-state index in [0.717, 1.165) is 11.4 Å². The van der Waals surface area contributed by atoms with Crippen LogP contribution in [0.25, 0.3) is 0 Å². The molecule has 0 saturated carbocycles. The van der Waals surface area contributed by atoms with Crippen LogP contribution < -0.4 is 9.64 Å². The normalized spacial score (nSPS) is 17.3. The first-order chi connectivity index (χ1) is 12.6. The van der Waals surface area contributed by atoms with Crippen LogP contribution >= 0.6 is 0 Å². The standard InChI is InChI=1S/C20H22N2O4/c1-15-20(24)22(13-12-21(15)19(23)14-25-2)16-8-10-18(11-9-16)26-17-6-4-3-5-7-17/h3-11,15H,12-14H2,1-2H3/t15-/m0/s1. The number of para-hydroxylation sites is 1. The maximum atomic E-state index is 12.7. The molecule has 0 bridgehead atoms. The highest BCUT2D eigenvalue weighted by Crippen LogP contribution is 2.26. The second-order valence-corrected chi connectivity index (χ2v) is 6.10. The van der Waals surface area contributed by atoms with E-state index in [1.54, 1.807) is 16.7 Å². The van der Waals surface area contributed by atoms with Gasteiger partial charge in [-0.2, -0.15) is 0 Å². The van der Waals surface area contributed by atoms with E-state index in [0.29, 0.717) is 18.8 Å². The lowest BCUT2D eigenvalue weighted by molar-refractivity contribution is -0.143. The van der Waals surface area contributed by atoms with Crippen molar-refractivity contribution in [1.82, 2.24) is 4.90 Å². The van der Waals surface area contributed by atoms with Crippen LogP contribution in [0.4, 0.5) is 5.69 Å². The summed E-state index contributed by atoms with van der Waals surface area (Å²) in [6.07, 6.45) is 0. The van der Waals surface area contributed by atoms with Gasteiger partial charge in [0, 0.05) is 25.9 Å². The lowest BCUT2D eigenvalue weighted by Crippen LogP contribution is -2.58. The summed E-state index contributed by atoms with van der Waals surface area (Å²) >= 11 is 0. The van der Waals surface area contributed by atoms with Crippen LogP contribution in [-0.4, -0.2) is 49.6 Å². The summed E-state index contributed by atoms with van der Waals surface area (Å²) in [5.41, 5.74) is 0.793. The van der Waals surface area contributed by atoms with Crippen molar-refractivity contribution in [3.05, 3.63) is 54.6 Å². The summed E-state index contributed by atoms with van der Waals surface area (Å²) in [7, 11) is 1.47. The maximum Gasteiger partial charge on any atom is 0.249 e. The summed E-state index contributed by atoms with van der Waals surface area (Å²) in [6, 6.07) is 16.4. The number of hydrogen-bond donors (Lipinski definition) is 0. The van der Waals surface area contributed by atoms with Gasteiger partial charge in [0.15, 0.2) is 0 Å². The average molecular weight is 354 g/mol. The lowest BCUT2D eigenvalue weighted by atomic mass is 10.1. The minimum atomic E-state index is -0.508. The average Bonchev–Trinajstić information content (AvgIpc) is 2.66. The number of ether oxygens (including phenoxy) is 2. The van der Waals surface area contributed by atoms with Crippen molar-refractivity contribution >= 4 is 17.5 Å². The molecule has 6 heteroatoms. The molecule has 1 aliphatic rings. The highest BCUT2D eigenvalue weighted by Gasteiger charge is 2.34. The monoisotopic (exact) mass is 354 g/mol. The topological polar surface area (TPSA) is 59.1 Å². The highest BCUT2D eigenvalue weighted by atomic mass is 16.5. The zero-order valence-electron chi connectivity index (χ0n) is 14.9. The van der Waals surface area contributed by atoms with E-state index in [1.165, 1.54) is 7.11 Å². The Morgan fingerprint density at radius 2 is 1.69 bits per heavy atom. The lowest BCUT2D eigenvalue weighted by Gasteiger charge is -2.39. The van der Waals surface area contributed by atoms with Crippen LogP contribution in [0.1, 0.15) is 6.92 Å². The molecule has 0 radical (unpaired) electrons. The molecule has 6 nitrogen and oxygen atoms in total. The number of anilines is 1. The molecule has 1 saturated heterocycles. The Hall–Kier alpha value is -2.86. The largest absolute Gasteiger partial charge is 0.457 e. The van der Waals surface area contributed by atoms with E-state index < -0.39 is 6.04 Å². The first-order valence-electron chi connectivity index (χ1n) is 8.53. The van der Waals surface area contributed by atoms with Gasteiger partial charge < -0.3 is 19.3 Å². The summed E-state index contributed by atoms with van der Waals surface area (Å²) in [4.78, 5) is 28.0. The third-order valence-electron chi connectivity index (χ3n) is 4.37. The fraction of sp³-hybridized carbons (Fsp3) is 0.300. The van der Waals surface area contributed by atoms with Crippen molar-refractivity contribution in [3.8, 4) is 11.5 Å². The van der Waals surface area contributed by atoms with E-state index in [-0.39, 0.29) is 18.4 Å². The molecule has 0 spiro atoms. The Morgan fingerprint density at radius 3 is 2.35 bits per heavy atom. The zero-order chi connectivity index (χ0) is 18.5. The number of nitrogens with zero attached hydrogens (tertiary/aromatic N) is 2. The van der Waals surface area contributed by atoms with Gasteiger partial charge in [-0.3, -0.25) is 9.59 Å². The zero-order valence-corrected chi connectivity index (χ0v) is 14.9. The van der Waals surface area contributed by atoms with E-state index in [2.05, 4.69) is 0 Å². The van der Waals surface area contributed by atoms with Crippen LogP contribution in [0.2, 0.25) is 0 Å². The molecular formula is C20H22N2O4. The molecule has 1 heterocycles. The molecular weight excluding hydrogens is 332 g/mol. The van der Waals surface area contributed by atoms with Gasteiger partial charge >= 0.3 is 0 Å². The van der Waals surface area contributed by atoms with Gasteiger partial charge in [0.1, 0.15) is 24.1 Å². The smallest absolute Gasteiger partial charge is 0.249 e. The quantitative estimate of drug-likeness (QED) is 0.828. The summed E-state index contributed by atoms with van der Waals surface area (Å²) < 4.78 is 10.7. The molecule has 0 unspecified atom stereocenters. The van der Waals surface area contributed by atoms with Gasteiger partial charge in [0.2, 0.25) is 11.8 Å². The van der Waals surface area contributed by atoms with E-state index >= 15 is 0 Å². The predicted molar refractivity (Wildman–Crippen MR) is 98.4 cm³/mol. The molecule has 26 heavy (non-hydrogen) atoms. The van der Waals surface area contributed by atoms with Gasteiger partial charge in [0.05, 0.1) is 0 Å². The SMILES string of the molecule is COCC(=O)N1CCN(c2ccc(Oc3ccccc3)cc2)C(=O)[C@@H]1C. The Bertz CT molecular complexity index is 761. The van der Waals surface area contributed by atoms with Crippen LogP contribution in [0, 0.1) is 0 Å². The van der Waals surface area contributed by atoms with E-state index in [4.69, 9.17) is 9.47 Å². The summed E-state index contributed by atoms with van der Waals surface area (Å²) in [5.74, 6) is 1.20. The molecule has 0 N–H and O–H groups in total. The van der Waals surface area contributed by atoms with Crippen LogP contribution in [0.5, 0.6) is 11.5 Å². The Kier molecular flexibility index (Phi) is 5.53. The fourth-order valence-electron chi connectivity index (χ4n) is 2.99. The highest BCUT2D eigenvalue weighted by molar-refractivity contribution is 6.00. The van der Waals surface area contributed by atoms with Gasteiger partial charge in [-0.1, -0.05) is 18.2 Å². The van der Waals surface area contributed by atoms with Gasteiger partial charge in [-0.15, -0.1) is 0 Å². The maximum absolute atomic E-state index is 12.7. The molecule has 1 aliphatic heterocycles. The third-order valence-corrected chi connectivity index (χ3v) is 4.37. The molecule has 2 amide bonds. The minimum absolute atomic E-state index is 0.0108. The van der Waals surface area contributed by atoms with Crippen LogP contribution in [0.3, 0.4) is 0 Å². The molecule has 2 aromatic carbocycles. The fourth-order valence-corrected chi connectivity index (χ4v) is 2.99. The van der Waals surface area contributed by atoms with Gasteiger partial charge in [-0.05, 0) is 43.3 Å². The van der Waals surface area contributed by atoms with Crippen LogP contribution in [0.15, 0.2) is 54.6 Å². The number of benzene rings is 2. The Balaban J connectivity index is 1.68. The Morgan fingerprint density at radius 1 is 1.04 bits per heavy atom. The van der Waals surface area contributed by atoms with Crippen LogP contribution in [-0.2, 0) is 14.3 Å². The van der Waals surface area contributed by atoms with Crippen molar-refractivity contribution < 1.29 is 19.1 Å². The van der Waals surface area contributed by atoms with Crippen molar-refractivity contribution in [2.45, 2.75) is 13.0 Å². The first kappa shape index (κ1) is 17.9. The minimum Gasteiger partial charge on any atom is -0.457 e. The summed E-state index contributed by atoms with van der Waals surface area (Å²) in [5, 5.41) is 0. The number of carbonyl (C=O) groups is 2. The molecule has 2 aromatic rings. The molecule has 1 fully saturated rings. The van der Waals surface area contributed by atoms with Crippen molar-refractivity contribution in [1.29, 1.82) is 0 Å². The number of piperazine rings is 1. The van der Waals surface area contributed by atoms with E-state index in [1.807, 2.05) is 54.6 Å². The number of rotatable bonds is 5. The van der Waals surface area contributed by atoms with E-state index in [9.17, 15) is 9.59 Å². The second kappa shape index (κ2) is 8.01. The predicted octanol–water partition coefficient (Wildman–Crippen LogP) is 2.69. The van der Waals surface area contributed by atoms with Gasteiger partial charge in [0.25, 0.3) is 0 Å². The molecule has 0 aliphatic carbocycles. The molecule has 136 valence electrons. The number of hydrogen-bond acceptors (Lipinski definition) is 4. The van der Waals surface area contributed by atoms with Crippen molar-refractivity contribution in [3.63, 3.8) is 0 Å². The van der Waals surface area contributed by atoms with Gasteiger partial charge in [-0.25, -0.2) is 0 Å². The Labute approximate surface area is 152 Å². The van der Waals surface area contributed by atoms with Crippen molar-refractivity contribution in [2.75, 3.05) is 31.7 Å². The number of amides is 2. The molecule has 3 rings (SSSR count). The second-order valence-electron chi connectivity index (χ2n) is 6.10. The number of methoxy groups -OCH3 is 1. The van der Waals surface area contributed by atoms with Crippen molar-refractivity contribution in [2.24, 2.45) is 0 Å². The third kappa shape index (κ3) is 3.86. The molecule has 0 aromatic heterocycles. The molecule has 1 atom stereocenters. The number of carbonyl (C=O) groups excluding carboxylic acids is 2. The first-order valence-corrected chi connectivity index (χ1v) is 8.53.